The van der Waals surface area contributed by atoms with Crippen molar-refractivity contribution in [3.63, 3.8) is 0 Å². The molecule has 7 heteroatoms. The Kier molecular flexibility index (Phi) is 6.95. The van der Waals surface area contributed by atoms with E-state index in [4.69, 9.17) is 11.6 Å². The maximum absolute atomic E-state index is 12.8. The van der Waals surface area contributed by atoms with Crippen LogP contribution >= 0.6 is 11.6 Å². The molecular formula is C23H32ClN5O. The third kappa shape index (κ3) is 4.98. The second kappa shape index (κ2) is 9.84. The van der Waals surface area contributed by atoms with Gasteiger partial charge in [-0.05, 0) is 31.0 Å². The number of amides is 1. The van der Waals surface area contributed by atoms with Crippen LogP contribution in [0.25, 0.3) is 0 Å². The largest absolute Gasteiger partial charge is 0.369 e. The van der Waals surface area contributed by atoms with Gasteiger partial charge in [-0.2, -0.15) is 0 Å². The van der Waals surface area contributed by atoms with Crippen molar-refractivity contribution in [2.75, 3.05) is 44.2 Å². The molecule has 4 rings (SSSR count). The number of carbonyl (C=O) groups is 1. The lowest BCUT2D eigenvalue weighted by atomic mass is 10.0. The van der Waals surface area contributed by atoms with E-state index in [-0.39, 0.29) is 5.91 Å². The van der Waals surface area contributed by atoms with Gasteiger partial charge in [-0.1, -0.05) is 24.6 Å². The number of aromatic nitrogens is 2. The number of hydrogen-bond donors (Lipinski definition) is 0. The van der Waals surface area contributed by atoms with Crippen molar-refractivity contribution in [1.82, 2.24) is 19.4 Å². The molecule has 2 aliphatic rings. The molecule has 0 radical (unpaired) electrons. The minimum absolute atomic E-state index is 0.271. The van der Waals surface area contributed by atoms with Crippen LogP contribution in [-0.4, -0.2) is 70.6 Å². The van der Waals surface area contributed by atoms with Crippen molar-refractivity contribution in [3.05, 3.63) is 47.5 Å². The highest BCUT2D eigenvalue weighted by atomic mass is 35.5. The van der Waals surface area contributed by atoms with Crippen LogP contribution in [0.2, 0.25) is 5.02 Å². The van der Waals surface area contributed by atoms with Gasteiger partial charge in [0.05, 0.1) is 0 Å². The van der Waals surface area contributed by atoms with Gasteiger partial charge in [-0.15, -0.1) is 0 Å². The van der Waals surface area contributed by atoms with Gasteiger partial charge in [0.2, 0.25) is 5.91 Å². The summed E-state index contributed by atoms with van der Waals surface area (Å²) in [4.78, 5) is 24.3. The van der Waals surface area contributed by atoms with E-state index in [1.807, 2.05) is 30.6 Å². The number of carbonyl (C=O) groups excluding carboxylic acids is 1. The number of benzene rings is 1. The number of piperazine rings is 1. The summed E-state index contributed by atoms with van der Waals surface area (Å²) in [5.41, 5.74) is 1.20. The molecule has 1 aromatic carbocycles. The summed E-state index contributed by atoms with van der Waals surface area (Å²) in [5.74, 6) is 1.32. The summed E-state index contributed by atoms with van der Waals surface area (Å²) in [7, 11) is 0. The van der Waals surface area contributed by atoms with Crippen molar-refractivity contribution in [2.24, 2.45) is 0 Å². The van der Waals surface area contributed by atoms with Gasteiger partial charge in [0.25, 0.3) is 0 Å². The van der Waals surface area contributed by atoms with Crippen LogP contribution < -0.4 is 4.90 Å². The first-order valence-electron chi connectivity index (χ1n) is 11.2. The zero-order valence-corrected chi connectivity index (χ0v) is 18.6. The van der Waals surface area contributed by atoms with Crippen LogP contribution in [0.15, 0.2) is 36.7 Å². The summed E-state index contributed by atoms with van der Waals surface area (Å²) >= 11 is 6.16. The smallest absolute Gasteiger partial charge is 0.224 e. The lowest BCUT2D eigenvalue weighted by Gasteiger charge is -2.44. The summed E-state index contributed by atoms with van der Waals surface area (Å²) < 4.78 is 2.11. The van der Waals surface area contributed by atoms with E-state index in [1.54, 1.807) is 0 Å². The number of aryl methyl sites for hydroxylation is 2. The molecule has 1 aromatic heterocycles. The van der Waals surface area contributed by atoms with E-state index in [2.05, 4.69) is 37.2 Å². The first-order chi connectivity index (χ1) is 14.6. The maximum atomic E-state index is 12.8. The molecule has 2 saturated heterocycles. The lowest BCUT2D eigenvalue weighted by Crippen LogP contribution is -2.56. The number of imidazole rings is 1. The number of nitrogens with zero attached hydrogens (tertiary/aromatic N) is 5. The van der Waals surface area contributed by atoms with Gasteiger partial charge in [-0.3, -0.25) is 9.69 Å². The van der Waals surface area contributed by atoms with Crippen LogP contribution in [-0.2, 0) is 17.8 Å². The Labute approximate surface area is 184 Å². The molecule has 0 spiro atoms. The minimum atomic E-state index is 0.271. The molecule has 0 bridgehead atoms. The Balaban J connectivity index is 1.27. The number of hydrogen-bond acceptors (Lipinski definition) is 4. The quantitative estimate of drug-likeness (QED) is 0.706. The predicted molar refractivity (Wildman–Crippen MR) is 121 cm³/mol. The standard InChI is InChI=1S/C23H32ClN5O/c1-2-22-25-9-12-28(22)11-8-23(30)29-10-4-7-21(18-29)27-15-13-26(14-16-27)20-6-3-5-19(24)17-20/h3,5-6,9,12,17,21H,2,4,7-8,10-11,13-16,18H2,1H3/t21-/m0/s1. The summed E-state index contributed by atoms with van der Waals surface area (Å²) in [6.45, 7) is 8.66. The molecule has 30 heavy (non-hydrogen) atoms. The van der Waals surface area contributed by atoms with E-state index in [1.165, 1.54) is 12.1 Å². The minimum Gasteiger partial charge on any atom is -0.369 e. The van der Waals surface area contributed by atoms with Crippen LogP contribution in [0, 0.1) is 0 Å². The molecule has 2 aromatic rings. The van der Waals surface area contributed by atoms with Gasteiger partial charge in [0, 0.05) is 87.8 Å². The first-order valence-corrected chi connectivity index (χ1v) is 11.5. The van der Waals surface area contributed by atoms with Crippen LogP contribution in [0.1, 0.15) is 32.0 Å². The van der Waals surface area contributed by atoms with Gasteiger partial charge in [0.15, 0.2) is 0 Å². The number of piperidine rings is 1. The van der Waals surface area contributed by atoms with Gasteiger partial charge < -0.3 is 14.4 Å². The third-order valence-corrected chi connectivity index (χ3v) is 6.67. The Bertz CT molecular complexity index is 846. The molecular weight excluding hydrogens is 398 g/mol. The van der Waals surface area contributed by atoms with Crippen molar-refractivity contribution in [2.45, 2.75) is 45.2 Å². The fraction of sp³-hybridized carbons (Fsp3) is 0.565. The molecule has 2 aliphatic heterocycles. The van der Waals surface area contributed by atoms with Gasteiger partial charge in [-0.25, -0.2) is 4.98 Å². The second-order valence-corrected chi connectivity index (χ2v) is 8.72. The van der Waals surface area contributed by atoms with Crippen molar-refractivity contribution in [3.8, 4) is 0 Å². The van der Waals surface area contributed by atoms with Crippen LogP contribution in [0.5, 0.6) is 0 Å². The van der Waals surface area contributed by atoms with E-state index >= 15 is 0 Å². The van der Waals surface area contributed by atoms with Crippen LogP contribution in [0.4, 0.5) is 5.69 Å². The highest BCUT2D eigenvalue weighted by molar-refractivity contribution is 6.30. The Morgan fingerprint density at radius 1 is 1.20 bits per heavy atom. The molecule has 0 aliphatic carbocycles. The number of likely N-dealkylation sites (tertiary alicyclic amines) is 1. The summed E-state index contributed by atoms with van der Waals surface area (Å²) in [5, 5.41) is 0.790. The van der Waals surface area contributed by atoms with Crippen molar-refractivity contribution < 1.29 is 4.79 Å². The highest BCUT2D eigenvalue weighted by Gasteiger charge is 2.30. The average Bonchev–Trinajstić information content (AvgIpc) is 3.25. The molecule has 0 unspecified atom stereocenters. The zero-order valence-electron chi connectivity index (χ0n) is 17.8. The molecule has 1 atom stereocenters. The number of rotatable bonds is 6. The molecule has 0 saturated carbocycles. The third-order valence-electron chi connectivity index (χ3n) is 6.44. The summed E-state index contributed by atoms with van der Waals surface area (Å²) in [6.07, 6.45) is 7.53. The molecule has 0 N–H and O–H groups in total. The van der Waals surface area contributed by atoms with Crippen LogP contribution in [0.3, 0.4) is 0 Å². The van der Waals surface area contributed by atoms with E-state index in [0.29, 0.717) is 12.5 Å². The maximum Gasteiger partial charge on any atom is 0.224 e. The fourth-order valence-corrected chi connectivity index (χ4v) is 4.91. The number of halogens is 1. The van der Waals surface area contributed by atoms with Crippen molar-refractivity contribution in [1.29, 1.82) is 0 Å². The van der Waals surface area contributed by atoms with Gasteiger partial charge in [0.1, 0.15) is 5.82 Å². The van der Waals surface area contributed by atoms with E-state index in [0.717, 1.165) is 69.5 Å². The molecule has 1 amide bonds. The lowest BCUT2D eigenvalue weighted by molar-refractivity contribution is -0.133. The molecule has 6 nitrogen and oxygen atoms in total. The van der Waals surface area contributed by atoms with Gasteiger partial charge >= 0.3 is 0 Å². The summed E-state index contributed by atoms with van der Waals surface area (Å²) in [6, 6.07) is 8.59. The van der Waals surface area contributed by atoms with E-state index < -0.39 is 0 Å². The van der Waals surface area contributed by atoms with Crippen molar-refractivity contribution >= 4 is 23.2 Å². The van der Waals surface area contributed by atoms with E-state index in [9.17, 15) is 4.79 Å². The topological polar surface area (TPSA) is 44.6 Å². The average molecular weight is 430 g/mol. The Hall–Kier alpha value is -2.05. The number of anilines is 1. The highest BCUT2D eigenvalue weighted by Crippen LogP contribution is 2.23. The monoisotopic (exact) mass is 429 g/mol. The predicted octanol–water partition coefficient (Wildman–Crippen LogP) is 3.30. The zero-order chi connectivity index (χ0) is 20.9. The first kappa shape index (κ1) is 21.2. The normalized spacial score (nSPS) is 20.5. The Morgan fingerprint density at radius 2 is 2.03 bits per heavy atom. The second-order valence-electron chi connectivity index (χ2n) is 8.28. The molecule has 2 fully saturated rings. The SMILES string of the molecule is CCc1nccn1CCC(=O)N1CCC[C@H](N2CCN(c3cccc(Cl)c3)CC2)C1. The molecule has 162 valence electrons. The fourth-order valence-electron chi connectivity index (χ4n) is 4.73. The molecule has 3 heterocycles. The Morgan fingerprint density at radius 3 is 2.80 bits per heavy atom.